The Morgan fingerprint density at radius 3 is 2.78 bits per heavy atom. The Hall–Kier alpha value is -1.68. The molecule has 0 aliphatic rings. The lowest BCUT2D eigenvalue weighted by Gasteiger charge is -2.09. The van der Waals surface area contributed by atoms with Crippen LogP contribution in [0, 0.1) is 13.8 Å². The van der Waals surface area contributed by atoms with Crippen LogP contribution in [0.5, 0.6) is 5.75 Å². The highest BCUT2D eigenvalue weighted by Crippen LogP contribution is 2.30. The number of carbonyl (C=O) groups is 1. The summed E-state index contributed by atoms with van der Waals surface area (Å²) in [6.07, 6.45) is 1.27. The SMILES string of the molecule is COc1cc(C)c(-c2csc(CC=O)n2)cc1C. The lowest BCUT2D eigenvalue weighted by Crippen LogP contribution is -1.92. The van der Waals surface area contributed by atoms with Crippen LogP contribution in [-0.2, 0) is 11.2 Å². The molecule has 0 aliphatic carbocycles. The van der Waals surface area contributed by atoms with Crippen molar-refractivity contribution in [1.29, 1.82) is 0 Å². The molecule has 3 nitrogen and oxygen atoms in total. The number of methoxy groups -OCH3 is 1. The molecule has 1 aromatic carbocycles. The molecule has 0 fully saturated rings. The van der Waals surface area contributed by atoms with Gasteiger partial charge in [0.1, 0.15) is 17.0 Å². The molecule has 94 valence electrons. The lowest BCUT2D eigenvalue weighted by atomic mass is 10.0. The van der Waals surface area contributed by atoms with Gasteiger partial charge in [0.25, 0.3) is 0 Å². The van der Waals surface area contributed by atoms with E-state index < -0.39 is 0 Å². The fourth-order valence-electron chi connectivity index (χ4n) is 1.89. The Morgan fingerprint density at radius 1 is 1.33 bits per heavy atom. The Morgan fingerprint density at radius 2 is 2.11 bits per heavy atom. The molecule has 0 saturated carbocycles. The van der Waals surface area contributed by atoms with Gasteiger partial charge >= 0.3 is 0 Å². The van der Waals surface area contributed by atoms with Gasteiger partial charge in [-0.2, -0.15) is 0 Å². The third kappa shape index (κ3) is 2.43. The summed E-state index contributed by atoms with van der Waals surface area (Å²) in [6.45, 7) is 4.05. The first-order chi connectivity index (χ1) is 8.65. The second-order valence-corrected chi connectivity index (χ2v) is 5.08. The van der Waals surface area contributed by atoms with Gasteiger partial charge in [-0.25, -0.2) is 4.98 Å². The topological polar surface area (TPSA) is 39.2 Å². The van der Waals surface area contributed by atoms with Crippen LogP contribution in [0.2, 0.25) is 0 Å². The van der Waals surface area contributed by atoms with Crippen molar-refractivity contribution in [2.24, 2.45) is 0 Å². The molecular formula is C14H15NO2S. The Labute approximate surface area is 110 Å². The summed E-state index contributed by atoms with van der Waals surface area (Å²) in [5.74, 6) is 0.889. The molecule has 0 spiro atoms. The number of aryl methyl sites for hydroxylation is 2. The van der Waals surface area contributed by atoms with E-state index in [4.69, 9.17) is 4.74 Å². The minimum absolute atomic E-state index is 0.388. The predicted molar refractivity (Wildman–Crippen MR) is 73.3 cm³/mol. The van der Waals surface area contributed by atoms with Gasteiger partial charge in [0.15, 0.2) is 0 Å². The highest BCUT2D eigenvalue weighted by Gasteiger charge is 2.10. The van der Waals surface area contributed by atoms with Crippen molar-refractivity contribution in [2.45, 2.75) is 20.3 Å². The van der Waals surface area contributed by atoms with Gasteiger partial charge < -0.3 is 9.53 Å². The van der Waals surface area contributed by atoms with E-state index in [0.29, 0.717) is 6.42 Å². The zero-order valence-corrected chi connectivity index (χ0v) is 11.5. The number of benzene rings is 1. The maximum atomic E-state index is 10.5. The standard InChI is InChI=1S/C14H15NO2S/c1-9-7-13(17-3)10(2)6-11(9)12-8-18-14(15-12)4-5-16/h5-8H,4H2,1-3H3. The summed E-state index contributed by atoms with van der Waals surface area (Å²) in [6, 6.07) is 4.09. The van der Waals surface area contributed by atoms with Crippen molar-refractivity contribution in [3.05, 3.63) is 33.6 Å². The van der Waals surface area contributed by atoms with Crippen molar-refractivity contribution in [3.63, 3.8) is 0 Å². The number of thiazole rings is 1. The number of ether oxygens (including phenoxy) is 1. The first kappa shape index (κ1) is 12.8. The van der Waals surface area contributed by atoms with Crippen LogP contribution in [-0.4, -0.2) is 18.4 Å². The highest BCUT2D eigenvalue weighted by molar-refractivity contribution is 7.10. The van der Waals surface area contributed by atoms with Crippen LogP contribution in [0.1, 0.15) is 16.1 Å². The number of aldehydes is 1. The van der Waals surface area contributed by atoms with E-state index >= 15 is 0 Å². The Kier molecular flexibility index (Phi) is 3.77. The second kappa shape index (κ2) is 5.31. The molecule has 0 N–H and O–H groups in total. The van der Waals surface area contributed by atoms with Crippen LogP contribution >= 0.6 is 11.3 Å². The summed E-state index contributed by atoms with van der Waals surface area (Å²) in [4.78, 5) is 14.9. The van der Waals surface area contributed by atoms with E-state index in [-0.39, 0.29) is 0 Å². The lowest BCUT2D eigenvalue weighted by molar-refractivity contribution is -0.107. The molecule has 0 aliphatic heterocycles. The third-order valence-corrected chi connectivity index (χ3v) is 3.70. The van der Waals surface area contributed by atoms with E-state index in [9.17, 15) is 4.79 Å². The monoisotopic (exact) mass is 261 g/mol. The van der Waals surface area contributed by atoms with Crippen molar-refractivity contribution >= 4 is 17.6 Å². The van der Waals surface area contributed by atoms with Gasteiger partial charge in [-0.3, -0.25) is 0 Å². The number of hydrogen-bond donors (Lipinski definition) is 0. The molecule has 0 amide bonds. The summed E-state index contributed by atoms with van der Waals surface area (Å²) in [5, 5.41) is 2.85. The fourth-order valence-corrected chi connectivity index (χ4v) is 2.63. The molecule has 1 heterocycles. The molecule has 0 radical (unpaired) electrons. The maximum Gasteiger partial charge on any atom is 0.126 e. The second-order valence-electron chi connectivity index (χ2n) is 4.13. The minimum atomic E-state index is 0.388. The van der Waals surface area contributed by atoms with Crippen molar-refractivity contribution in [3.8, 4) is 17.0 Å². The van der Waals surface area contributed by atoms with E-state index in [1.807, 2.05) is 25.3 Å². The summed E-state index contributed by atoms with van der Waals surface area (Å²) in [7, 11) is 1.67. The van der Waals surface area contributed by atoms with Crippen LogP contribution in [0.15, 0.2) is 17.5 Å². The Balaban J connectivity index is 2.43. The average molecular weight is 261 g/mol. The first-order valence-corrected chi connectivity index (χ1v) is 6.57. The van der Waals surface area contributed by atoms with Crippen molar-refractivity contribution in [1.82, 2.24) is 4.98 Å². The average Bonchev–Trinajstić information content (AvgIpc) is 2.80. The van der Waals surface area contributed by atoms with Crippen LogP contribution < -0.4 is 4.74 Å². The van der Waals surface area contributed by atoms with Crippen LogP contribution in [0.25, 0.3) is 11.3 Å². The molecule has 0 saturated heterocycles. The van der Waals surface area contributed by atoms with Gasteiger partial charge in [-0.05, 0) is 37.1 Å². The van der Waals surface area contributed by atoms with Crippen molar-refractivity contribution in [2.75, 3.05) is 7.11 Å². The zero-order valence-electron chi connectivity index (χ0n) is 10.7. The molecule has 4 heteroatoms. The fraction of sp³-hybridized carbons (Fsp3) is 0.286. The molecule has 0 atom stereocenters. The van der Waals surface area contributed by atoms with Gasteiger partial charge in [-0.1, -0.05) is 0 Å². The minimum Gasteiger partial charge on any atom is -0.496 e. The largest absolute Gasteiger partial charge is 0.496 e. The van der Waals surface area contributed by atoms with Gasteiger partial charge in [-0.15, -0.1) is 11.3 Å². The number of aromatic nitrogens is 1. The molecular weight excluding hydrogens is 246 g/mol. The van der Waals surface area contributed by atoms with E-state index in [1.54, 1.807) is 7.11 Å². The third-order valence-electron chi connectivity index (χ3n) is 2.83. The molecule has 0 bridgehead atoms. The first-order valence-electron chi connectivity index (χ1n) is 5.69. The number of carbonyl (C=O) groups excluding carboxylic acids is 1. The van der Waals surface area contributed by atoms with Gasteiger partial charge in [0.05, 0.1) is 19.2 Å². The molecule has 0 unspecified atom stereocenters. The number of hydrogen-bond acceptors (Lipinski definition) is 4. The number of nitrogens with zero attached hydrogens (tertiary/aromatic N) is 1. The zero-order chi connectivity index (χ0) is 13.1. The Bertz CT molecular complexity index is 575. The van der Waals surface area contributed by atoms with Gasteiger partial charge in [0.2, 0.25) is 0 Å². The maximum absolute atomic E-state index is 10.5. The van der Waals surface area contributed by atoms with E-state index in [0.717, 1.165) is 39.4 Å². The van der Waals surface area contributed by atoms with E-state index in [1.165, 1.54) is 11.3 Å². The van der Waals surface area contributed by atoms with E-state index in [2.05, 4.69) is 11.1 Å². The summed E-state index contributed by atoms with van der Waals surface area (Å²) < 4.78 is 5.30. The van der Waals surface area contributed by atoms with Crippen molar-refractivity contribution < 1.29 is 9.53 Å². The molecule has 1 aromatic heterocycles. The smallest absolute Gasteiger partial charge is 0.126 e. The molecule has 2 rings (SSSR count). The van der Waals surface area contributed by atoms with Gasteiger partial charge in [0, 0.05) is 10.9 Å². The summed E-state index contributed by atoms with van der Waals surface area (Å²) >= 11 is 1.52. The summed E-state index contributed by atoms with van der Waals surface area (Å²) in [5.41, 5.74) is 4.24. The highest BCUT2D eigenvalue weighted by atomic mass is 32.1. The quantitative estimate of drug-likeness (QED) is 0.793. The van der Waals surface area contributed by atoms with Crippen LogP contribution in [0.3, 0.4) is 0 Å². The normalized spacial score (nSPS) is 10.4. The molecule has 2 aromatic rings. The molecule has 18 heavy (non-hydrogen) atoms. The number of rotatable bonds is 4. The van der Waals surface area contributed by atoms with Crippen LogP contribution in [0.4, 0.5) is 0 Å². The predicted octanol–water partition coefficient (Wildman–Crippen LogP) is 3.18.